The minimum absolute atomic E-state index is 0.115. The molecule has 0 saturated carbocycles. The Balaban J connectivity index is 1.70. The van der Waals surface area contributed by atoms with Crippen molar-refractivity contribution in [1.82, 2.24) is 15.1 Å². The van der Waals surface area contributed by atoms with E-state index in [4.69, 9.17) is 5.73 Å². The number of nitrogens with two attached hydrogens (primary N) is 1. The molecule has 0 bridgehead atoms. The lowest BCUT2D eigenvalue weighted by Gasteiger charge is -2.35. The largest absolute Gasteiger partial charge is 0.357 e. The first-order valence-electron chi connectivity index (χ1n) is 14.8. The lowest BCUT2D eigenvalue weighted by Crippen LogP contribution is -2.55. The second-order valence-electron chi connectivity index (χ2n) is 11.0. The van der Waals surface area contributed by atoms with Crippen LogP contribution < -0.4 is 11.1 Å². The molecule has 4 aromatic carbocycles. The van der Waals surface area contributed by atoms with Gasteiger partial charge in [-0.2, -0.15) is 0 Å². The third-order valence-electron chi connectivity index (χ3n) is 7.90. The highest BCUT2D eigenvalue weighted by atomic mass is 19.1. The van der Waals surface area contributed by atoms with Crippen LogP contribution in [-0.4, -0.2) is 53.7 Å². The van der Waals surface area contributed by atoms with Gasteiger partial charge in [0.25, 0.3) is 5.91 Å². The highest BCUT2D eigenvalue weighted by Gasteiger charge is 2.36. The van der Waals surface area contributed by atoms with E-state index in [9.17, 15) is 18.8 Å². The normalized spacial score (nSPS) is 12.8. The van der Waals surface area contributed by atoms with Gasteiger partial charge in [0.2, 0.25) is 11.8 Å². The van der Waals surface area contributed by atoms with Gasteiger partial charge in [-0.25, -0.2) is 4.39 Å². The number of rotatable bonds is 12. The van der Waals surface area contributed by atoms with E-state index in [1.54, 1.807) is 37.4 Å². The number of halogens is 1. The molecule has 0 heterocycles. The number of hydrogen-bond acceptors (Lipinski definition) is 4. The van der Waals surface area contributed by atoms with Gasteiger partial charge in [0.05, 0.1) is 0 Å². The maximum Gasteiger partial charge on any atom is 0.254 e. The molecular formula is C37H39FN4O3. The summed E-state index contributed by atoms with van der Waals surface area (Å²) in [5.74, 6) is -1.67. The molecule has 7 nitrogen and oxygen atoms in total. The van der Waals surface area contributed by atoms with Crippen LogP contribution in [0.3, 0.4) is 0 Å². The molecule has 8 heteroatoms. The van der Waals surface area contributed by atoms with Crippen molar-refractivity contribution in [3.05, 3.63) is 144 Å². The Morgan fingerprint density at radius 2 is 1.42 bits per heavy atom. The van der Waals surface area contributed by atoms with Crippen LogP contribution in [0.4, 0.5) is 4.39 Å². The Labute approximate surface area is 264 Å². The zero-order chi connectivity index (χ0) is 32.5. The van der Waals surface area contributed by atoms with Gasteiger partial charge in [0.15, 0.2) is 0 Å². The number of carbonyl (C=O) groups excluding carboxylic acids is 3. The lowest BCUT2D eigenvalue weighted by atomic mass is 9.97. The zero-order valence-corrected chi connectivity index (χ0v) is 25.8. The highest BCUT2D eigenvalue weighted by molar-refractivity contribution is 5.98. The van der Waals surface area contributed by atoms with E-state index in [0.717, 1.165) is 22.3 Å². The van der Waals surface area contributed by atoms with Crippen molar-refractivity contribution >= 4 is 17.7 Å². The van der Waals surface area contributed by atoms with Crippen LogP contribution in [-0.2, 0) is 22.4 Å². The summed E-state index contributed by atoms with van der Waals surface area (Å²) in [5.41, 5.74) is 10.8. The number of hydrogen-bond donors (Lipinski definition) is 2. The topological polar surface area (TPSA) is 95.7 Å². The predicted octanol–water partition coefficient (Wildman–Crippen LogP) is 5.53. The molecule has 0 spiro atoms. The summed E-state index contributed by atoms with van der Waals surface area (Å²) >= 11 is 0. The number of benzene rings is 4. The van der Waals surface area contributed by atoms with Crippen LogP contribution in [0.2, 0.25) is 0 Å². The summed E-state index contributed by atoms with van der Waals surface area (Å²) in [6.45, 7) is 5.69. The molecule has 1 unspecified atom stereocenters. The Bertz CT molecular complexity index is 1620. The van der Waals surface area contributed by atoms with Gasteiger partial charge in [0.1, 0.15) is 17.9 Å². The summed E-state index contributed by atoms with van der Waals surface area (Å²) in [4.78, 5) is 44.1. The van der Waals surface area contributed by atoms with Crippen LogP contribution in [0.25, 0.3) is 11.1 Å². The van der Waals surface area contributed by atoms with Crippen molar-refractivity contribution in [2.24, 2.45) is 5.73 Å². The second-order valence-corrected chi connectivity index (χ2v) is 11.0. The van der Waals surface area contributed by atoms with Crippen LogP contribution in [0.5, 0.6) is 0 Å². The molecule has 45 heavy (non-hydrogen) atoms. The molecule has 232 valence electrons. The molecule has 0 radical (unpaired) electrons. The summed E-state index contributed by atoms with van der Waals surface area (Å²) in [6.07, 6.45) is 1.61. The minimum Gasteiger partial charge on any atom is -0.357 e. The van der Waals surface area contributed by atoms with Crippen LogP contribution in [0.15, 0.2) is 116 Å². The number of nitrogens with zero attached hydrogens (tertiary/aromatic N) is 2. The quantitative estimate of drug-likeness (QED) is 0.222. The van der Waals surface area contributed by atoms with Gasteiger partial charge in [-0.15, -0.1) is 0 Å². The van der Waals surface area contributed by atoms with Crippen LogP contribution in [0, 0.1) is 5.82 Å². The lowest BCUT2D eigenvalue weighted by molar-refractivity contribution is -0.140. The van der Waals surface area contributed by atoms with Gasteiger partial charge >= 0.3 is 0 Å². The van der Waals surface area contributed by atoms with Gasteiger partial charge in [-0.1, -0.05) is 85.4 Å². The third-order valence-corrected chi connectivity index (χ3v) is 7.90. The Morgan fingerprint density at radius 1 is 0.844 bits per heavy atom. The van der Waals surface area contributed by atoms with E-state index in [1.807, 2.05) is 67.6 Å². The van der Waals surface area contributed by atoms with E-state index in [-0.39, 0.29) is 24.8 Å². The van der Waals surface area contributed by atoms with Gasteiger partial charge in [0, 0.05) is 44.7 Å². The summed E-state index contributed by atoms with van der Waals surface area (Å²) in [7, 11) is 3.07. The maximum atomic E-state index is 14.4. The molecular weight excluding hydrogens is 567 g/mol. The highest BCUT2D eigenvalue weighted by Crippen LogP contribution is 2.23. The molecule has 0 saturated heterocycles. The molecule has 0 aliphatic heterocycles. The third kappa shape index (κ3) is 8.10. The average molecular weight is 607 g/mol. The SMILES string of the molecule is C=CN(C(=O)[C@@H](Cc1ccc(-c2ccccc2)cc1)N(C)C(=O)c1cccc(C(C)N)c1)[C@H](Cc1ccc(F)cc1)C(=O)NC. The van der Waals surface area contributed by atoms with Crippen molar-refractivity contribution in [1.29, 1.82) is 0 Å². The van der Waals surface area contributed by atoms with E-state index in [1.165, 1.54) is 35.2 Å². The monoisotopic (exact) mass is 606 g/mol. The van der Waals surface area contributed by atoms with E-state index < -0.39 is 29.7 Å². The predicted molar refractivity (Wildman–Crippen MR) is 176 cm³/mol. The maximum absolute atomic E-state index is 14.4. The van der Waals surface area contributed by atoms with Crippen molar-refractivity contribution in [2.75, 3.05) is 14.1 Å². The van der Waals surface area contributed by atoms with Crippen molar-refractivity contribution in [3.8, 4) is 11.1 Å². The summed E-state index contributed by atoms with van der Waals surface area (Å²) in [5, 5.41) is 2.62. The Morgan fingerprint density at radius 3 is 2.00 bits per heavy atom. The second kappa shape index (κ2) is 15.1. The first-order valence-corrected chi connectivity index (χ1v) is 14.8. The molecule has 4 rings (SSSR count). The first-order chi connectivity index (χ1) is 21.6. The van der Waals surface area contributed by atoms with Gasteiger partial charge < -0.3 is 20.9 Å². The van der Waals surface area contributed by atoms with Crippen LogP contribution in [0.1, 0.15) is 40.0 Å². The fraction of sp³-hybridized carbons (Fsp3) is 0.216. The Hall–Kier alpha value is -5.08. The fourth-order valence-corrected chi connectivity index (χ4v) is 5.25. The molecule has 0 fully saturated rings. The average Bonchev–Trinajstić information content (AvgIpc) is 3.07. The Kier molecular flexibility index (Phi) is 11.0. The van der Waals surface area contributed by atoms with E-state index >= 15 is 0 Å². The zero-order valence-electron chi connectivity index (χ0n) is 25.8. The molecule has 4 aromatic rings. The number of amides is 3. The molecule has 3 amide bonds. The number of nitrogens with one attached hydrogen (secondary N) is 1. The van der Waals surface area contributed by atoms with Crippen LogP contribution >= 0.6 is 0 Å². The molecule has 3 atom stereocenters. The smallest absolute Gasteiger partial charge is 0.254 e. The minimum atomic E-state index is -0.989. The van der Waals surface area contributed by atoms with E-state index in [2.05, 4.69) is 11.9 Å². The summed E-state index contributed by atoms with van der Waals surface area (Å²) in [6, 6.07) is 28.3. The molecule has 0 aliphatic rings. The number of likely N-dealkylation sites (N-methyl/N-ethyl adjacent to an activating group) is 2. The van der Waals surface area contributed by atoms with Crippen molar-refractivity contribution in [2.45, 2.75) is 37.9 Å². The first kappa shape index (κ1) is 32.8. The standard InChI is InChI=1S/C37H39FN4O3/c1-5-42(33(35(43)40-3)22-27-16-20-32(38)21-17-27)37(45)34(41(4)36(44)31-13-9-12-30(24-31)25(2)39)23-26-14-18-29(19-15-26)28-10-7-6-8-11-28/h5-21,24-25,33-34H,1,22-23,39H2,2-4H3,(H,40,43)/t25?,33-,34-/m1/s1. The van der Waals surface area contributed by atoms with E-state index in [0.29, 0.717) is 11.1 Å². The summed E-state index contributed by atoms with van der Waals surface area (Å²) < 4.78 is 13.6. The molecule has 0 aromatic heterocycles. The molecule has 3 N–H and O–H groups in total. The van der Waals surface area contributed by atoms with Crippen molar-refractivity contribution in [3.63, 3.8) is 0 Å². The van der Waals surface area contributed by atoms with Gasteiger partial charge in [-0.05, 0) is 59.0 Å². The fourth-order valence-electron chi connectivity index (χ4n) is 5.25. The van der Waals surface area contributed by atoms with Crippen molar-refractivity contribution < 1.29 is 18.8 Å². The van der Waals surface area contributed by atoms with Gasteiger partial charge in [-0.3, -0.25) is 14.4 Å². The molecule has 0 aliphatic carbocycles. The number of carbonyl (C=O) groups is 3.